The second-order valence-corrected chi connectivity index (χ2v) is 5.92. The van der Waals surface area contributed by atoms with Crippen LogP contribution >= 0.6 is 0 Å². The number of nitrogens with one attached hydrogen (secondary N) is 1. The summed E-state index contributed by atoms with van der Waals surface area (Å²) in [6, 6.07) is 2.60. The van der Waals surface area contributed by atoms with E-state index in [1.807, 2.05) is 0 Å². The van der Waals surface area contributed by atoms with Gasteiger partial charge in [0, 0.05) is 18.1 Å². The third kappa shape index (κ3) is 2.21. The lowest BCUT2D eigenvalue weighted by Crippen LogP contribution is -2.54. The van der Waals surface area contributed by atoms with E-state index in [2.05, 4.69) is 17.3 Å². The Bertz CT molecular complexity index is 211. The van der Waals surface area contributed by atoms with Crippen molar-refractivity contribution in [3.63, 3.8) is 0 Å². The van der Waals surface area contributed by atoms with Crippen LogP contribution in [0.4, 0.5) is 0 Å². The predicted octanol–water partition coefficient (Wildman–Crippen LogP) is 2.00. The van der Waals surface area contributed by atoms with Gasteiger partial charge in [0.15, 0.2) is 0 Å². The van der Waals surface area contributed by atoms with Crippen LogP contribution in [-0.2, 0) is 0 Å². The van der Waals surface area contributed by atoms with Crippen molar-refractivity contribution in [1.82, 2.24) is 10.2 Å². The van der Waals surface area contributed by atoms with Crippen LogP contribution in [0.5, 0.6) is 0 Å². The standard InChI is InChI=1S/C13H24N2/c1-15-12-3-2-4-13(15)8-11(7-12)14-9-10-5-6-10/h10-14H,2-9H2,1H3. The van der Waals surface area contributed by atoms with Gasteiger partial charge >= 0.3 is 0 Å². The van der Waals surface area contributed by atoms with E-state index in [-0.39, 0.29) is 0 Å². The molecule has 0 spiro atoms. The lowest BCUT2D eigenvalue weighted by Gasteiger charge is -2.47. The molecule has 1 aliphatic carbocycles. The topological polar surface area (TPSA) is 15.3 Å². The minimum absolute atomic E-state index is 0.831. The molecule has 1 saturated carbocycles. The first kappa shape index (κ1) is 10.1. The van der Waals surface area contributed by atoms with E-state index >= 15 is 0 Å². The average Bonchev–Trinajstić information content (AvgIpc) is 2.99. The summed E-state index contributed by atoms with van der Waals surface area (Å²) in [6.07, 6.45) is 10.1. The number of piperidine rings is 2. The molecule has 1 N–H and O–H groups in total. The molecule has 0 aromatic rings. The summed E-state index contributed by atoms with van der Waals surface area (Å²) < 4.78 is 0. The molecule has 0 amide bonds. The van der Waals surface area contributed by atoms with E-state index in [4.69, 9.17) is 0 Å². The summed E-state index contributed by atoms with van der Waals surface area (Å²) in [6.45, 7) is 1.30. The van der Waals surface area contributed by atoms with Crippen molar-refractivity contribution in [2.45, 2.75) is 63.1 Å². The monoisotopic (exact) mass is 208 g/mol. The van der Waals surface area contributed by atoms with E-state index in [1.165, 1.54) is 51.5 Å². The van der Waals surface area contributed by atoms with Crippen molar-refractivity contribution in [2.24, 2.45) is 5.92 Å². The van der Waals surface area contributed by atoms with Gasteiger partial charge in [0.2, 0.25) is 0 Å². The molecule has 2 heteroatoms. The molecule has 0 aromatic heterocycles. The van der Waals surface area contributed by atoms with Gasteiger partial charge < -0.3 is 10.2 Å². The van der Waals surface area contributed by atoms with Crippen LogP contribution in [0.2, 0.25) is 0 Å². The van der Waals surface area contributed by atoms with Gasteiger partial charge in [0.25, 0.3) is 0 Å². The molecule has 15 heavy (non-hydrogen) atoms. The maximum Gasteiger partial charge on any atom is 0.0110 e. The summed E-state index contributed by atoms with van der Waals surface area (Å²) in [5.74, 6) is 1.03. The maximum atomic E-state index is 3.81. The fraction of sp³-hybridized carbons (Fsp3) is 1.00. The highest BCUT2D eigenvalue weighted by atomic mass is 15.2. The molecule has 2 nitrogen and oxygen atoms in total. The zero-order valence-corrected chi connectivity index (χ0v) is 9.91. The molecule has 3 rings (SSSR count). The quantitative estimate of drug-likeness (QED) is 0.763. The molecule has 0 aromatic carbocycles. The first-order valence-corrected chi connectivity index (χ1v) is 6.78. The Morgan fingerprint density at radius 3 is 2.33 bits per heavy atom. The van der Waals surface area contributed by atoms with Crippen LogP contribution in [0.25, 0.3) is 0 Å². The smallest absolute Gasteiger partial charge is 0.0110 e. The Hall–Kier alpha value is -0.0800. The molecule has 3 aliphatic rings. The molecule has 2 saturated heterocycles. The van der Waals surface area contributed by atoms with E-state index < -0.39 is 0 Å². The Morgan fingerprint density at radius 1 is 1.07 bits per heavy atom. The van der Waals surface area contributed by atoms with Crippen LogP contribution in [0.15, 0.2) is 0 Å². The third-order valence-electron chi connectivity index (χ3n) is 4.73. The zero-order chi connectivity index (χ0) is 10.3. The van der Waals surface area contributed by atoms with Crippen molar-refractivity contribution < 1.29 is 0 Å². The van der Waals surface area contributed by atoms with E-state index in [1.54, 1.807) is 0 Å². The molecule has 3 fully saturated rings. The van der Waals surface area contributed by atoms with E-state index in [0.29, 0.717) is 0 Å². The zero-order valence-electron chi connectivity index (χ0n) is 9.91. The number of fused-ring (bicyclic) bond motifs is 2. The molecule has 0 radical (unpaired) electrons. The largest absolute Gasteiger partial charge is 0.314 e. The Kier molecular flexibility index (Phi) is 2.73. The van der Waals surface area contributed by atoms with Gasteiger partial charge in [0.1, 0.15) is 0 Å². The molecule has 2 bridgehead atoms. The second kappa shape index (κ2) is 4.06. The van der Waals surface area contributed by atoms with Crippen LogP contribution in [0.3, 0.4) is 0 Å². The van der Waals surface area contributed by atoms with Crippen LogP contribution in [-0.4, -0.2) is 36.6 Å². The highest BCUT2D eigenvalue weighted by Gasteiger charge is 2.36. The van der Waals surface area contributed by atoms with Crippen molar-refractivity contribution in [3.05, 3.63) is 0 Å². The van der Waals surface area contributed by atoms with Crippen LogP contribution in [0.1, 0.15) is 44.9 Å². The third-order valence-corrected chi connectivity index (χ3v) is 4.73. The second-order valence-electron chi connectivity index (χ2n) is 5.92. The highest BCUT2D eigenvalue weighted by Crippen LogP contribution is 2.33. The molecule has 2 aliphatic heterocycles. The van der Waals surface area contributed by atoms with Gasteiger partial charge in [-0.3, -0.25) is 0 Å². The van der Waals surface area contributed by atoms with E-state index in [0.717, 1.165) is 24.0 Å². The molecular weight excluding hydrogens is 184 g/mol. The Labute approximate surface area is 93.4 Å². The summed E-state index contributed by atoms with van der Waals surface area (Å²) in [4.78, 5) is 2.65. The van der Waals surface area contributed by atoms with Gasteiger partial charge in [-0.1, -0.05) is 6.42 Å². The number of rotatable bonds is 3. The maximum absolute atomic E-state index is 3.81. The first-order valence-electron chi connectivity index (χ1n) is 6.78. The van der Waals surface area contributed by atoms with Crippen molar-refractivity contribution in [2.75, 3.05) is 13.6 Å². The molecule has 2 atom stereocenters. The highest BCUT2D eigenvalue weighted by molar-refractivity contribution is 4.94. The van der Waals surface area contributed by atoms with Gasteiger partial charge in [0.05, 0.1) is 0 Å². The summed E-state index contributed by atoms with van der Waals surface area (Å²) in [5, 5.41) is 3.81. The molecule has 2 unspecified atom stereocenters. The molecule has 2 heterocycles. The van der Waals surface area contributed by atoms with Gasteiger partial charge in [-0.05, 0) is 58.0 Å². The SMILES string of the molecule is CN1C2CCCC1CC(NCC1CC1)C2. The van der Waals surface area contributed by atoms with Crippen LogP contribution in [0, 0.1) is 5.92 Å². The van der Waals surface area contributed by atoms with Gasteiger partial charge in [-0.15, -0.1) is 0 Å². The normalized spacial score (nSPS) is 41.8. The van der Waals surface area contributed by atoms with Gasteiger partial charge in [-0.2, -0.15) is 0 Å². The average molecular weight is 208 g/mol. The van der Waals surface area contributed by atoms with Gasteiger partial charge in [-0.25, -0.2) is 0 Å². The molecule has 86 valence electrons. The van der Waals surface area contributed by atoms with Crippen molar-refractivity contribution in [3.8, 4) is 0 Å². The summed E-state index contributed by atoms with van der Waals surface area (Å²) in [5.41, 5.74) is 0. The number of nitrogens with zero attached hydrogens (tertiary/aromatic N) is 1. The molecular formula is C13H24N2. The lowest BCUT2D eigenvalue weighted by atomic mass is 9.82. The minimum Gasteiger partial charge on any atom is -0.314 e. The fourth-order valence-electron chi connectivity index (χ4n) is 3.44. The predicted molar refractivity (Wildman–Crippen MR) is 62.9 cm³/mol. The van der Waals surface area contributed by atoms with E-state index in [9.17, 15) is 0 Å². The fourth-order valence-corrected chi connectivity index (χ4v) is 3.44. The lowest BCUT2D eigenvalue weighted by molar-refractivity contribution is 0.0484. The Morgan fingerprint density at radius 2 is 1.73 bits per heavy atom. The van der Waals surface area contributed by atoms with Crippen molar-refractivity contribution >= 4 is 0 Å². The Balaban J connectivity index is 1.53. The number of hydrogen-bond donors (Lipinski definition) is 1. The van der Waals surface area contributed by atoms with Crippen LogP contribution < -0.4 is 5.32 Å². The van der Waals surface area contributed by atoms with Crippen molar-refractivity contribution in [1.29, 1.82) is 0 Å². The minimum atomic E-state index is 0.831. The summed E-state index contributed by atoms with van der Waals surface area (Å²) >= 11 is 0. The number of hydrogen-bond acceptors (Lipinski definition) is 2. The summed E-state index contributed by atoms with van der Waals surface area (Å²) in [7, 11) is 2.34. The first-order chi connectivity index (χ1) is 7.33.